The molecule has 0 fully saturated rings. The predicted octanol–water partition coefficient (Wildman–Crippen LogP) is 3.42. The van der Waals surface area contributed by atoms with Crippen molar-refractivity contribution >= 4 is 11.8 Å². The summed E-state index contributed by atoms with van der Waals surface area (Å²) in [4.78, 5) is 9.69. The molecule has 0 bridgehead atoms. The molecule has 1 aromatic heterocycles. The summed E-state index contributed by atoms with van der Waals surface area (Å²) in [5.74, 6) is 0. The normalized spacial score (nSPS) is 10.1. The fourth-order valence-corrected chi connectivity index (χ4v) is 2.56. The molecule has 2 aromatic rings. The molecule has 0 N–H and O–H groups in total. The molecule has 0 spiro atoms. The third-order valence-electron chi connectivity index (χ3n) is 2.49. The van der Waals surface area contributed by atoms with E-state index in [4.69, 9.17) is 5.26 Å². The molecule has 0 aliphatic carbocycles. The molecule has 0 unspecified atom stereocenters. The van der Waals surface area contributed by atoms with Gasteiger partial charge in [0.25, 0.3) is 0 Å². The van der Waals surface area contributed by atoms with Gasteiger partial charge in [0.1, 0.15) is 11.8 Å². The quantitative estimate of drug-likeness (QED) is 0.771. The van der Waals surface area contributed by atoms with Crippen LogP contribution in [0.15, 0.2) is 34.3 Å². The van der Waals surface area contributed by atoms with Gasteiger partial charge in [-0.15, -0.1) is 0 Å². The molecule has 0 saturated carbocycles. The van der Waals surface area contributed by atoms with Gasteiger partial charge in [0.15, 0.2) is 5.16 Å². The Morgan fingerprint density at radius 2 is 1.89 bits per heavy atom. The highest BCUT2D eigenvalue weighted by atomic mass is 32.2. The molecule has 0 atom stereocenters. The number of hydrogen-bond acceptors (Lipinski definition) is 4. The van der Waals surface area contributed by atoms with Crippen LogP contribution in [0.5, 0.6) is 0 Å². The number of nitrogens with zero attached hydrogens (tertiary/aromatic N) is 3. The van der Waals surface area contributed by atoms with Crippen LogP contribution in [0.2, 0.25) is 0 Å². The third-order valence-corrected chi connectivity index (χ3v) is 3.52. The maximum atomic E-state index is 8.90. The second-order valence-corrected chi connectivity index (χ2v) is 5.17. The molecule has 1 heterocycles. The van der Waals surface area contributed by atoms with Crippen LogP contribution in [-0.4, -0.2) is 9.97 Å². The minimum atomic E-state index is 0.412. The van der Waals surface area contributed by atoms with Crippen LogP contribution >= 0.6 is 11.8 Å². The summed E-state index contributed by atoms with van der Waals surface area (Å²) >= 11 is 1.50. The Bertz CT molecular complexity index is 629. The van der Waals surface area contributed by atoms with E-state index in [0.717, 1.165) is 10.6 Å². The van der Waals surface area contributed by atoms with E-state index in [-0.39, 0.29) is 0 Å². The SMILES string of the molecule is Cc1ccc(C)c(Sc2nc(C)cc(C#N)n2)c1. The van der Waals surface area contributed by atoms with Crippen molar-refractivity contribution < 1.29 is 0 Å². The van der Waals surface area contributed by atoms with E-state index in [9.17, 15) is 0 Å². The van der Waals surface area contributed by atoms with Crippen LogP contribution < -0.4 is 0 Å². The minimum absolute atomic E-state index is 0.412. The van der Waals surface area contributed by atoms with Gasteiger partial charge in [-0.25, -0.2) is 9.97 Å². The molecule has 2 rings (SSSR count). The first-order chi connectivity index (χ1) is 8.58. The first-order valence-corrected chi connectivity index (χ1v) is 6.41. The zero-order valence-corrected chi connectivity index (χ0v) is 11.4. The maximum absolute atomic E-state index is 8.90. The summed E-state index contributed by atoms with van der Waals surface area (Å²) in [6.45, 7) is 5.99. The number of benzene rings is 1. The van der Waals surface area contributed by atoms with Gasteiger partial charge in [0.05, 0.1) is 0 Å². The van der Waals surface area contributed by atoms with Gasteiger partial charge in [-0.1, -0.05) is 12.1 Å². The van der Waals surface area contributed by atoms with Crippen LogP contribution in [0.25, 0.3) is 0 Å². The van der Waals surface area contributed by atoms with E-state index < -0.39 is 0 Å². The Hall–Kier alpha value is -1.86. The highest BCUT2D eigenvalue weighted by Gasteiger charge is 2.06. The van der Waals surface area contributed by atoms with Crippen molar-refractivity contribution in [2.45, 2.75) is 30.8 Å². The van der Waals surface area contributed by atoms with Gasteiger partial charge in [-0.2, -0.15) is 5.26 Å². The van der Waals surface area contributed by atoms with Crippen molar-refractivity contribution in [3.05, 3.63) is 46.8 Å². The summed E-state index contributed by atoms with van der Waals surface area (Å²) in [5.41, 5.74) is 3.62. The number of nitriles is 1. The molecular formula is C14H13N3S. The van der Waals surface area contributed by atoms with Crippen LogP contribution in [0.4, 0.5) is 0 Å². The average molecular weight is 255 g/mol. The fourth-order valence-electron chi connectivity index (χ4n) is 1.56. The lowest BCUT2D eigenvalue weighted by molar-refractivity contribution is 0.919. The molecule has 0 saturated heterocycles. The number of rotatable bonds is 2. The van der Waals surface area contributed by atoms with Gasteiger partial charge in [0.2, 0.25) is 0 Å². The molecule has 0 aliphatic heterocycles. The van der Waals surface area contributed by atoms with Crippen molar-refractivity contribution in [2.24, 2.45) is 0 Å². The highest BCUT2D eigenvalue weighted by Crippen LogP contribution is 2.28. The Labute approximate surface area is 111 Å². The average Bonchev–Trinajstić information content (AvgIpc) is 2.33. The van der Waals surface area contributed by atoms with Crippen LogP contribution in [0, 0.1) is 32.1 Å². The summed E-state index contributed by atoms with van der Waals surface area (Å²) in [7, 11) is 0. The molecule has 0 aliphatic rings. The molecule has 0 amide bonds. The summed E-state index contributed by atoms with van der Waals surface area (Å²) in [6, 6.07) is 10.0. The Morgan fingerprint density at radius 3 is 2.61 bits per heavy atom. The molecule has 18 heavy (non-hydrogen) atoms. The van der Waals surface area contributed by atoms with Crippen LogP contribution in [0.1, 0.15) is 22.5 Å². The van der Waals surface area contributed by atoms with Crippen molar-refractivity contribution in [1.82, 2.24) is 9.97 Å². The van der Waals surface area contributed by atoms with Crippen molar-refractivity contribution in [3.8, 4) is 6.07 Å². The topological polar surface area (TPSA) is 49.6 Å². The van der Waals surface area contributed by atoms with Crippen LogP contribution in [-0.2, 0) is 0 Å². The van der Waals surface area contributed by atoms with Crippen molar-refractivity contribution in [1.29, 1.82) is 5.26 Å². The van der Waals surface area contributed by atoms with E-state index in [1.54, 1.807) is 6.07 Å². The minimum Gasteiger partial charge on any atom is -0.228 e. The van der Waals surface area contributed by atoms with Gasteiger partial charge in [0, 0.05) is 10.6 Å². The van der Waals surface area contributed by atoms with Gasteiger partial charge in [-0.3, -0.25) is 0 Å². The van der Waals surface area contributed by atoms with E-state index in [2.05, 4.69) is 48.1 Å². The number of aryl methyl sites for hydroxylation is 3. The van der Waals surface area contributed by atoms with Gasteiger partial charge >= 0.3 is 0 Å². The molecule has 1 aromatic carbocycles. The maximum Gasteiger partial charge on any atom is 0.193 e. The van der Waals surface area contributed by atoms with Crippen LogP contribution in [0.3, 0.4) is 0 Å². The molecule has 4 heteroatoms. The predicted molar refractivity (Wildman–Crippen MR) is 71.5 cm³/mol. The molecular weight excluding hydrogens is 242 g/mol. The Morgan fingerprint density at radius 1 is 1.11 bits per heavy atom. The van der Waals surface area contributed by atoms with Gasteiger partial charge < -0.3 is 0 Å². The second kappa shape index (κ2) is 5.19. The summed E-state index contributed by atoms with van der Waals surface area (Å²) in [6.07, 6.45) is 0. The summed E-state index contributed by atoms with van der Waals surface area (Å²) in [5, 5.41) is 9.53. The standard InChI is InChI=1S/C14H13N3S/c1-9-4-5-10(2)13(6-9)18-14-16-11(3)7-12(8-15)17-14/h4-7H,1-3H3. The smallest absolute Gasteiger partial charge is 0.193 e. The Kier molecular flexibility index (Phi) is 3.63. The van der Waals surface area contributed by atoms with E-state index in [1.165, 1.54) is 22.9 Å². The van der Waals surface area contributed by atoms with E-state index in [0.29, 0.717) is 10.9 Å². The third kappa shape index (κ3) is 2.88. The lowest BCUT2D eigenvalue weighted by Gasteiger charge is -2.06. The first kappa shape index (κ1) is 12.6. The molecule has 3 nitrogen and oxygen atoms in total. The molecule has 90 valence electrons. The number of aromatic nitrogens is 2. The van der Waals surface area contributed by atoms with E-state index in [1.807, 2.05) is 6.92 Å². The van der Waals surface area contributed by atoms with Gasteiger partial charge in [-0.05, 0) is 55.8 Å². The van der Waals surface area contributed by atoms with Crippen molar-refractivity contribution in [2.75, 3.05) is 0 Å². The van der Waals surface area contributed by atoms with E-state index >= 15 is 0 Å². The fraction of sp³-hybridized carbons (Fsp3) is 0.214. The monoisotopic (exact) mass is 255 g/mol. The highest BCUT2D eigenvalue weighted by molar-refractivity contribution is 7.99. The lowest BCUT2D eigenvalue weighted by Crippen LogP contribution is -1.94. The molecule has 0 radical (unpaired) electrons. The first-order valence-electron chi connectivity index (χ1n) is 5.59. The largest absolute Gasteiger partial charge is 0.228 e. The Balaban J connectivity index is 2.37. The van der Waals surface area contributed by atoms with Crippen molar-refractivity contribution in [3.63, 3.8) is 0 Å². The lowest BCUT2D eigenvalue weighted by atomic mass is 10.2. The zero-order chi connectivity index (χ0) is 13.1. The number of hydrogen-bond donors (Lipinski definition) is 0. The second-order valence-electron chi connectivity index (χ2n) is 4.16. The summed E-state index contributed by atoms with van der Waals surface area (Å²) < 4.78 is 0. The zero-order valence-electron chi connectivity index (χ0n) is 10.6.